The van der Waals surface area contributed by atoms with Crippen LogP contribution in [0.15, 0.2) is 64.4 Å². The fourth-order valence-electron chi connectivity index (χ4n) is 2.08. The van der Waals surface area contributed by atoms with Crippen LogP contribution in [0.5, 0.6) is 11.5 Å². The Morgan fingerprint density at radius 2 is 1.61 bits per heavy atom. The van der Waals surface area contributed by atoms with E-state index >= 15 is 0 Å². The van der Waals surface area contributed by atoms with Gasteiger partial charge in [-0.05, 0) is 49.0 Å². The number of rotatable bonds is 8. The molecule has 1 N–H and O–H groups in total. The van der Waals surface area contributed by atoms with Gasteiger partial charge >= 0.3 is 0 Å². The summed E-state index contributed by atoms with van der Waals surface area (Å²) in [5, 5.41) is 22.0. The van der Waals surface area contributed by atoms with Gasteiger partial charge in [-0.15, -0.1) is 0 Å². The summed E-state index contributed by atoms with van der Waals surface area (Å²) in [6, 6.07) is 14.4. The smallest absolute Gasteiger partial charge is 0.161 e. The minimum atomic E-state index is -1.55. The number of carboxylic acids is 2. The molecule has 0 atom stereocenters. The van der Waals surface area contributed by atoms with Crippen molar-refractivity contribution in [2.24, 2.45) is 0 Å². The lowest BCUT2D eigenvalue weighted by Crippen LogP contribution is -2.23. The molecule has 28 heavy (non-hydrogen) atoms. The van der Waals surface area contributed by atoms with Crippen molar-refractivity contribution in [3.8, 4) is 11.5 Å². The second-order valence-corrected chi connectivity index (χ2v) is 6.34. The van der Waals surface area contributed by atoms with Crippen LogP contribution in [0.3, 0.4) is 0 Å². The highest BCUT2D eigenvalue weighted by molar-refractivity contribution is 7.99. The van der Waals surface area contributed by atoms with Crippen LogP contribution in [0.1, 0.15) is 5.56 Å². The van der Waals surface area contributed by atoms with Gasteiger partial charge in [-0.2, -0.15) is 0 Å². The van der Waals surface area contributed by atoms with Crippen molar-refractivity contribution >= 4 is 23.7 Å². The Bertz CT molecular complexity index is 806. The van der Waals surface area contributed by atoms with E-state index < -0.39 is 11.9 Å². The first kappa shape index (κ1) is 23.1. The number of carboxylic acid groups (broad SMARTS) is 2. The summed E-state index contributed by atoms with van der Waals surface area (Å²) in [5.41, 5.74) is 1.29. The molecular weight excluding hydrogens is 382 g/mol. The van der Waals surface area contributed by atoms with Gasteiger partial charge < -0.3 is 34.6 Å². The molecule has 0 saturated carbocycles. The Labute approximate surface area is 168 Å². The van der Waals surface area contributed by atoms with Gasteiger partial charge in [0, 0.05) is 16.3 Å². The van der Waals surface area contributed by atoms with Gasteiger partial charge in [0.2, 0.25) is 0 Å². The molecule has 0 spiro atoms. The number of nitrogens with one attached hydrogen (secondary N) is 1. The average Bonchev–Trinajstić information content (AvgIpc) is 2.68. The zero-order chi connectivity index (χ0) is 20.9. The first-order valence-electron chi connectivity index (χ1n) is 8.13. The Kier molecular flexibility index (Phi) is 10.2. The normalized spacial score (nSPS) is 10.1. The van der Waals surface area contributed by atoms with Gasteiger partial charge in [0.25, 0.3) is 0 Å². The van der Waals surface area contributed by atoms with Gasteiger partial charge in [0.15, 0.2) is 11.5 Å². The molecule has 0 unspecified atom stereocenters. The molecule has 0 heterocycles. The van der Waals surface area contributed by atoms with E-state index in [2.05, 4.69) is 29.6 Å². The third-order valence-electron chi connectivity index (χ3n) is 3.28. The molecule has 2 aromatic rings. The van der Waals surface area contributed by atoms with Crippen molar-refractivity contribution in [3.05, 3.63) is 60.2 Å². The summed E-state index contributed by atoms with van der Waals surface area (Å²) in [5.74, 6) is -1.59. The Hall–Kier alpha value is -2.97. The fraction of sp³-hybridized carbons (Fsp3) is 0.200. The van der Waals surface area contributed by atoms with Crippen molar-refractivity contribution in [3.63, 3.8) is 0 Å². The summed E-state index contributed by atoms with van der Waals surface area (Å²) in [4.78, 5) is 21.2. The quantitative estimate of drug-likeness (QED) is 0.639. The highest BCUT2D eigenvalue weighted by Gasteiger charge is 2.07. The van der Waals surface area contributed by atoms with Crippen LogP contribution >= 0.6 is 11.8 Å². The Morgan fingerprint density at radius 1 is 1.00 bits per heavy atom. The second-order valence-electron chi connectivity index (χ2n) is 5.23. The van der Waals surface area contributed by atoms with Gasteiger partial charge in [-0.3, -0.25) is 0 Å². The summed E-state index contributed by atoms with van der Waals surface area (Å²) in [7, 11) is 5.26. The van der Waals surface area contributed by atoms with Crippen LogP contribution in [0.4, 0.5) is 0 Å². The number of hydrogen-bond acceptors (Lipinski definition) is 8. The molecular formula is C20H21NO6S-2. The van der Waals surface area contributed by atoms with Crippen LogP contribution in [0.2, 0.25) is 0 Å². The molecule has 150 valence electrons. The molecule has 2 aromatic carbocycles. The lowest BCUT2D eigenvalue weighted by atomic mass is 10.2. The van der Waals surface area contributed by atoms with Gasteiger partial charge in [0.1, 0.15) is 0 Å². The van der Waals surface area contributed by atoms with E-state index in [1.807, 2.05) is 25.2 Å². The van der Waals surface area contributed by atoms with Crippen molar-refractivity contribution in [2.75, 3.05) is 21.3 Å². The first-order valence-corrected chi connectivity index (χ1v) is 8.95. The third kappa shape index (κ3) is 8.15. The summed E-state index contributed by atoms with van der Waals surface area (Å²) < 4.78 is 10.6. The van der Waals surface area contributed by atoms with Crippen molar-refractivity contribution in [1.29, 1.82) is 0 Å². The summed E-state index contributed by atoms with van der Waals surface area (Å²) in [6.07, 6.45) is 0.769. The predicted octanol–water partition coefficient (Wildman–Crippen LogP) is 0.617. The molecule has 0 aliphatic rings. The molecule has 0 fully saturated rings. The molecule has 2 rings (SSSR count). The van der Waals surface area contributed by atoms with Crippen molar-refractivity contribution in [2.45, 2.75) is 16.3 Å². The molecule has 0 aliphatic heterocycles. The van der Waals surface area contributed by atoms with Crippen LogP contribution in [-0.4, -0.2) is 33.2 Å². The number of ether oxygens (including phenoxy) is 2. The highest BCUT2D eigenvalue weighted by Crippen LogP contribution is 2.36. The monoisotopic (exact) mass is 403 g/mol. The van der Waals surface area contributed by atoms with Gasteiger partial charge in [-0.25, -0.2) is 0 Å². The highest BCUT2D eigenvalue weighted by atomic mass is 32.2. The minimum absolute atomic E-state index is 0.384. The number of methoxy groups -OCH3 is 2. The Morgan fingerprint density at radius 3 is 2.14 bits per heavy atom. The second kappa shape index (κ2) is 12.4. The Balaban J connectivity index is 0.000000416. The standard InChI is InChI=1S/C16H19NO2S.C4H4O4/c1-17-11-12-6-4-5-7-16(12)20-13-8-9-14(18-2)15(10-13)19-3;5-3(6)1-2-4(7)8/h4-10,17H,11H2,1-3H3;1-2H,(H,5,6)(H,7,8)/p-2/b;2-1-. The van der Waals surface area contributed by atoms with Gasteiger partial charge in [0.05, 0.1) is 26.2 Å². The van der Waals surface area contributed by atoms with Crippen LogP contribution in [0, 0.1) is 0 Å². The predicted molar refractivity (Wildman–Crippen MR) is 102 cm³/mol. The van der Waals surface area contributed by atoms with Crippen LogP contribution in [-0.2, 0) is 16.1 Å². The van der Waals surface area contributed by atoms with Gasteiger partial charge in [-0.1, -0.05) is 30.0 Å². The number of hydrogen-bond donors (Lipinski definition) is 1. The number of carbonyl (C=O) groups excluding carboxylic acids is 2. The van der Waals surface area contributed by atoms with Crippen LogP contribution < -0.4 is 25.0 Å². The molecule has 0 saturated heterocycles. The topological polar surface area (TPSA) is 111 Å². The molecule has 8 heteroatoms. The van der Waals surface area contributed by atoms with E-state index in [4.69, 9.17) is 9.47 Å². The lowest BCUT2D eigenvalue weighted by Gasteiger charge is -2.11. The van der Waals surface area contributed by atoms with Crippen molar-refractivity contribution in [1.82, 2.24) is 5.32 Å². The maximum atomic E-state index is 9.41. The molecule has 0 aromatic heterocycles. The van der Waals surface area contributed by atoms with Crippen LogP contribution in [0.25, 0.3) is 0 Å². The number of aliphatic carboxylic acids is 2. The number of carbonyl (C=O) groups is 2. The zero-order valence-electron chi connectivity index (χ0n) is 15.8. The maximum Gasteiger partial charge on any atom is 0.161 e. The van der Waals surface area contributed by atoms with Crippen molar-refractivity contribution < 1.29 is 29.3 Å². The van der Waals surface area contributed by atoms with E-state index in [-0.39, 0.29) is 0 Å². The summed E-state index contributed by atoms with van der Waals surface area (Å²) in [6.45, 7) is 0.858. The molecule has 0 radical (unpaired) electrons. The molecule has 0 aliphatic carbocycles. The van der Waals surface area contributed by atoms with E-state index in [1.165, 1.54) is 10.5 Å². The molecule has 0 bridgehead atoms. The molecule has 7 nitrogen and oxygen atoms in total. The van der Waals surface area contributed by atoms with E-state index in [0.717, 1.165) is 22.9 Å². The van der Waals surface area contributed by atoms with E-state index in [0.29, 0.717) is 12.2 Å². The van der Waals surface area contributed by atoms with E-state index in [9.17, 15) is 19.8 Å². The largest absolute Gasteiger partial charge is 0.545 e. The van der Waals surface area contributed by atoms with E-state index in [1.54, 1.807) is 26.0 Å². The molecule has 0 amide bonds. The minimum Gasteiger partial charge on any atom is -0.545 e. The maximum absolute atomic E-state index is 9.41. The number of benzene rings is 2. The zero-order valence-corrected chi connectivity index (χ0v) is 16.6. The fourth-order valence-corrected chi connectivity index (χ4v) is 3.06. The summed E-state index contributed by atoms with van der Waals surface area (Å²) >= 11 is 1.73. The third-order valence-corrected chi connectivity index (χ3v) is 4.39. The SMILES string of the molecule is CNCc1ccccc1Sc1ccc(OC)c(OC)c1.O=C([O-])/C=C\C(=O)[O-]. The average molecular weight is 403 g/mol. The lowest BCUT2D eigenvalue weighted by molar-refractivity contribution is -0.301. The first-order chi connectivity index (χ1) is 13.4.